The third-order valence-corrected chi connectivity index (χ3v) is 3.30. The van der Waals surface area contributed by atoms with E-state index in [0.29, 0.717) is 11.3 Å². The molecule has 0 aliphatic carbocycles. The molecule has 1 atom stereocenters. The van der Waals surface area contributed by atoms with Gasteiger partial charge in [-0.05, 0) is 36.8 Å². The van der Waals surface area contributed by atoms with Gasteiger partial charge < -0.3 is 15.4 Å². The smallest absolute Gasteiger partial charge is 0.406 e. The molecule has 10 heteroatoms. The number of rotatable bonds is 5. The Hall–Kier alpha value is -3.30. The monoisotopic (exact) mass is 369 g/mol. The maximum atomic E-state index is 12.1. The summed E-state index contributed by atoms with van der Waals surface area (Å²) in [6.45, 7) is 1.65. The second kappa shape index (κ2) is 7.72. The molecule has 0 fully saturated rings. The summed E-state index contributed by atoms with van der Waals surface area (Å²) in [4.78, 5) is 22.0. The quantitative estimate of drug-likeness (QED) is 0.604. The number of amides is 2. The van der Waals surface area contributed by atoms with Crippen molar-refractivity contribution < 1.29 is 27.6 Å². The van der Waals surface area contributed by atoms with Gasteiger partial charge in [0.2, 0.25) is 0 Å². The van der Waals surface area contributed by atoms with E-state index < -0.39 is 23.4 Å². The zero-order valence-corrected chi connectivity index (χ0v) is 13.4. The molecule has 0 radical (unpaired) electrons. The van der Waals surface area contributed by atoms with E-state index in [9.17, 15) is 28.1 Å². The molecule has 0 unspecified atom stereocenters. The number of halogens is 3. The molecule has 0 aliphatic rings. The number of carbonyl (C=O) groups excluding carboxylic acids is 1. The van der Waals surface area contributed by atoms with Crippen molar-refractivity contribution in [2.75, 3.05) is 5.32 Å². The van der Waals surface area contributed by atoms with Gasteiger partial charge in [0.15, 0.2) is 0 Å². The van der Waals surface area contributed by atoms with Crippen LogP contribution < -0.4 is 15.4 Å². The van der Waals surface area contributed by atoms with Gasteiger partial charge in [0, 0.05) is 17.8 Å². The molecule has 0 aliphatic heterocycles. The molecule has 0 saturated carbocycles. The Morgan fingerprint density at radius 3 is 2.19 bits per heavy atom. The number of benzene rings is 2. The fourth-order valence-corrected chi connectivity index (χ4v) is 2.07. The van der Waals surface area contributed by atoms with Crippen LogP contribution in [-0.2, 0) is 0 Å². The summed E-state index contributed by atoms with van der Waals surface area (Å²) in [7, 11) is 0. The van der Waals surface area contributed by atoms with Gasteiger partial charge in [-0.2, -0.15) is 0 Å². The van der Waals surface area contributed by atoms with E-state index in [1.165, 1.54) is 36.4 Å². The zero-order valence-electron chi connectivity index (χ0n) is 13.4. The average Bonchev–Trinajstić information content (AvgIpc) is 2.54. The van der Waals surface area contributed by atoms with E-state index in [1.54, 1.807) is 6.92 Å². The fraction of sp³-hybridized carbons (Fsp3) is 0.188. The lowest BCUT2D eigenvalue weighted by atomic mass is 10.1. The molecule has 2 N–H and O–H groups in total. The third-order valence-electron chi connectivity index (χ3n) is 3.30. The Labute approximate surface area is 145 Å². The number of hydrogen-bond acceptors (Lipinski definition) is 4. The molecule has 0 aromatic heterocycles. The molecule has 2 aromatic rings. The maximum absolute atomic E-state index is 12.1. The highest BCUT2D eigenvalue weighted by Crippen LogP contribution is 2.24. The predicted molar refractivity (Wildman–Crippen MR) is 86.8 cm³/mol. The number of non-ortho nitro benzene ring substituents is 1. The van der Waals surface area contributed by atoms with Crippen molar-refractivity contribution in [2.45, 2.75) is 19.3 Å². The minimum absolute atomic E-state index is 0.106. The SMILES string of the molecule is C[C@@H](NC(=O)Nc1ccc([N+](=O)[O-])cc1)c1ccc(OC(F)(F)F)cc1. The van der Waals surface area contributed by atoms with E-state index in [4.69, 9.17) is 0 Å². The van der Waals surface area contributed by atoms with Crippen molar-refractivity contribution in [2.24, 2.45) is 0 Å². The van der Waals surface area contributed by atoms with Crippen molar-refractivity contribution in [1.82, 2.24) is 5.32 Å². The lowest BCUT2D eigenvalue weighted by molar-refractivity contribution is -0.384. The highest BCUT2D eigenvalue weighted by atomic mass is 19.4. The first-order valence-corrected chi connectivity index (χ1v) is 7.32. The summed E-state index contributed by atoms with van der Waals surface area (Å²) in [5.74, 6) is -0.358. The van der Waals surface area contributed by atoms with Gasteiger partial charge in [-0.15, -0.1) is 13.2 Å². The molecule has 7 nitrogen and oxygen atoms in total. The summed E-state index contributed by atoms with van der Waals surface area (Å²) in [6.07, 6.45) is -4.77. The summed E-state index contributed by atoms with van der Waals surface area (Å²) >= 11 is 0. The van der Waals surface area contributed by atoms with Crippen LogP contribution in [0.3, 0.4) is 0 Å². The lowest BCUT2D eigenvalue weighted by Crippen LogP contribution is -2.31. The van der Waals surface area contributed by atoms with Gasteiger partial charge in [-0.25, -0.2) is 4.79 Å². The third kappa shape index (κ3) is 5.65. The van der Waals surface area contributed by atoms with Crippen LogP contribution in [-0.4, -0.2) is 17.3 Å². The van der Waals surface area contributed by atoms with Crippen LogP contribution in [0.1, 0.15) is 18.5 Å². The summed E-state index contributed by atoms with van der Waals surface area (Å²) in [5, 5.41) is 15.7. The Morgan fingerprint density at radius 2 is 1.69 bits per heavy atom. The average molecular weight is 369 g/mol. The predicted octanol–water partition coefficient (Wildman–Crippen LogP) is 4.38. The summed E-state index contributed by atoms with van der Waals surface area (Å²) < 4.78 is 40.1. The normalized spacial score (nSPS) is 12.2. The largest absolute Gasteiger partial charge is 0.573 e. The van der Waals surface area contributed by atoms with Gasteiger partial charge in [0.25, 0.3) is 5.69 Å². The minimum Gasteiger partial charge on any atom is -0.406 e. The second-order valence-corrected chi connectivity index (χ2v) is 5.24. The van der Waals surface area contributed by atoms with Crippen molar-refractivity contribution in [1.29, 1.82) is 0 Å². The molecule has 0 heterocycles. The summed E-state index contributed by atoms with van der Waals surface area (Å²) in [6, 6.07) is 9.30. The summed E-state index contributed by atoms with van der Waals surface area (Å²) in [5.41, 5.74) is 0.818. The molecule has 2 amide bonds. The number of nitrogens with one attached hydrogen (secondary N) is 2. The van der Waals surface area contributed by atoms with Crippen LogP contribution in [0.15, 0.2) is 48.5 Å². The van der Waals surface area contributed by atoms with Gasteiger partial charge >= 0.3 is 12.4 Å². The number of nitro groups is 1. The van der Waals surface area contributed by atoms with E-state index >= 15 is 0 Å². The highest BCUT2D eigenvalue weighted by Gasteiger charge is 2.31. The number of urea groups is 1. The topological polar surface area (TPSA) is 93.5 Å². The molecule has 0 bridgehead atoms. The first kappa shape index (κ1) is 19.0. The first-order chi connectivity index (χ1) is 12.1. The number of carbonyl (C=O) groups is 1. The Morgan fingerprint density at radius 1 is 1.12 bits per heavy atom. The molecular formula is C16H14F3N3O4. The van der Waals surface area contributed by atoms with Crippen molar-refractivity contribution in [3.8, 4) is 5.75 Å². The van der Waals surface area contributed by atoms with E-state index in [1.807, 2.05) is 0 Å². The van der Waals surface area contributed by atoms with Crippen LogP contribution >= 0.6 is 0 Å². The van der Waals surface area contributed by atoms with Gasteiger partial charge in [0.1, 0.15) is 5.75 Å². The van der Waals surface area contributed by atoms with Crippen LogP contribution in [0.5, 0.6) is 5.75 Å². The fourth-order valence-electron chi connectivity index (χ4n) is 2.07. The van der Waals surface area contributed by atoms with Gasteiger partial charge in [-0.3, -0.25) is 10.1 Å². The van der Waals surface area contributed by atoms with Crippen LogP contribution in [0.4, 0.5) is 29.3 Å². The van der Waals surface area contributed by atoms with Crippen LogP contribution in [0.25, 0.3) is 0 Å². The molecule has 2 aromatic carbocycles. The molecule has 0 saturated heterocycles. The molecule has 138 valence electrons. The molecule has 2 rings (SSSR count). The van der Waals surface area contributed by atoms with Crippen molar-refractivity contribution >= 4 is 17.4 Å². The zero-order chi connectivity index (χ0) is 19.3. The first-order valence-electron chi connectivity index (χ1n) is 7.32. The number of nitrogens with zero attached hydrogens (tertiary/aromatic N) is 1. The Balaban J connectivity index is 1.92. The Kier molecular flexibility index (Phi) is 5.65. The maximum Gasteiger partial charge on any atom is 0.573 e. The van der Waals surface area contributed by atoms with Gasteiger partial charge in [-0.1, -0.05) is 12.1 Å². The van der Waals surface area contributed by atoms with E-state index in [2.05, 4.69) is 15.4 Å². The second-order valence-electron chi connectivity index (χ2n) is 5.24. The number of anilines is 1. The minimum atomic E-state index is -4.77. The highest BCUT2D eigenvalue weighted by molar-refractivity contribution is 5.89. The Bertz CT molecular complexity index is 777. The van der Waals surface area contributed by atoms with Gasteiger partial charge in [0.05, 0.1) is 11.0 Å². The van der Waals surface area contributed by atoms with Crippen LogP contribution in [0, 0.1) is 10.1 Å². The standard InChI is InChI=1S/C16H14F3N3O4/c1-10(11-2-8-14(9-3-11)26-16(17,18)19)20-15(23)21-12-4-6-13(7-5-12)22(24)25/h2-10H,1H3,(H2,20,21,23)/t10-/m1/s1. The number of alkyl halides is 3. The lowest BCUT2D eigenvalue weighted by Gasteiger charge is -2.16. The molecular weight excluding hydrogens is 355 g/mol. The van der Waals surface area contributed by atoms with E-state index in [-0.39, 0.29) is 11.4 Å². The van der Waals surface area contributed by atoms with Crippen molar-refractivity contribution in [3.05, 3.63) is 64.2 Å². The van der Waals surface area contributed by atoms with E-state index in [0.717, 1.165) is 12.1 Å². The number of ether oxygens (including phenoxy) is 1. The number of hydrogen-bond donors (Lipinski definition) is 2. The van der Waals surface area contributed by atoms with Crippen molar-refractivity contribution in [3.63, 3.8) is 0 Å². The van der Waals surface area contributed by atoms with Crippen LogP contribution in [0.2, 0.25) is 0 Å². The number of nitro benzene ring substituents is 1. The molecule has 26 heavy (non-hydrogen) atoms. The molecule has 0 spiro atoms.